The lowest BCUT2D eigenvalue weighted by molar-refractivity contribution is 0.151. The summed E-state index contributed by atoms with van der Waals surface area (Å²) in [6, 6.07) is 5.76. The number of rotatable bonds is 9. The fourth-order valence-corrected chi connectivity index (χ4v) is 2.66. The Morgan fingerprint density at radius 3 is 3.00 bits per heavy atom. The number of hydrogen-bond donors (Lipinski definition) is 4. The molecule has 0 aliphatic carbocycles. The van der Waals surface area contributed by atoms with Crippen LogP contribution < -0.4 is 10.6 Å². The van der Waals surface area contributed by atoms with Crippen molar-refractivity contribution in [2.24, 2.45) is 0 Å². The van der Waals surface area contributed by atoms with Crippen molar-refractivity contribution in [3.63, 3.8) is 0 Å². The summed E-state index contributed by atoms with van der Waals surface area (Å²) in [5, 5.41) is 15.3. The predicted molar refractivity (Wildman–Crippen MR) is 91.3 cm³/mol. The van der Waals surface area contributed by atoms with E-state index in [0.717, 1.165) is 35.4 Å². The van der Waals surface area contributed by atoms with E-state index in [2.05, 4.69) is 20.6 Å². The molecule has 0 bridgehead atoms. The summed E-state index contributed by atoms with van der Waals surface area (Å²) < 4.78 is 6.15. The molecule has 2 aromatic heterocycles. The summed E-state index contributed by atoms with van der Waals surface area (Å²) in [5.74, 6) is 4.42. The van der Waals surface area contributed by atoms with Crippen LogP contribution in [0, 0.1) is 4.77 Å². The smallest absolute Gasteiger partial charge is 0.198 e. The van der Waals surface area contributed by atoms with E-state index < -0.39 is 6.23 Å². The second-order valence-electron chi connectivity index (χ2n) is 4.69. The van der Waals surface area contributed by atoms with Crippen LogP contribution in [0.3, 0.4) is 0 Å². The normalized spacial score (nSPS) is 12.3. The Morgan fingerprint density at radius 2 is 2.23 bits per heavy atom. The number of aliphatic hydroxyl groups is 1. The van der Waals surface area contributed by atoms with Crippen molar-refractivity contribution >= 4 is 29.8 Å². The lowest BCUT2D eigenvalue weighted by Gasteiger charge is -2.05. The van der Waals surface area contributed by atoms with Gasteiger partial charge in [0.05, 0.1) is 12.3 Å². The van der Waals surface area contributed by atoms with Crippen LogP contribution in [-0.4, -0.2) is 33.6 Å². The highest BCUT2D eigenvalue weighted by Crippen LogP contribution is 2.15. The molecule has 1 atom stereocenters. The predicted octanol–water partition coefficient (Wildman–Crippen LogP) is 2.51. The number of H-pyrrole nitrogens is 1. The van der Waals surface area contributed by atoms with Crippen molar-refractivity contribution in [2.45, 2.75) is 25.4 Å². The Balaban J connectivity index is 1.63. The van der Waals surface area contributed by atoms with Crippen LogP contribution in [0.4, 0.5) is 5.82 Å². The van der Waals surface area contributed by atoms with Crippen molar-refractivity contribution in [1.82, 2.24) is 15.3 Å². The van der Waals surface area contributed by atoms with Crippen LogP contribution in [0.2, 0.25) is 0 Å². The number of aromatic nitrogens is 2. The van der Waals surface area contributed by atoms with Crippen molar-refractivity contribution in [3.8, 4) is 0 Å². The number of aliphatic hydroxyl groups excluding tert-OH is 1. The van der Waals surface area contributed by atoms with Gasteiger partial charge in [-0.3, -0.25) is 5.32 Å². The summed E-state index contributed by atoms with van der Waals surface area (Å²) in [6.07, 6.45) is 1.15. The number of nitrogens with one attached hydrogen (secondary N) is 3. The molecule has 0 amide bonds. The molecule has 0 fully saturated rings. The molecule has 2 rings (SSSR count). The number of furan rings is 1. The molecule has 2 aromatic rings. The van der Waals surface area contributed by atoms with Gasteiger partial charge in [0.1, 0.15) is 23.6 Å². The molecule has 120 valence electrons. The second kappa shape index (κ2) is 8.94. The first-order valence-electron chi connectivity index (χ1n) is 6.99. The van der Waals surface area contributed by atoms with Crippen molar-refractivity contribution in [2.75, 3.05) is 17.6 Å². The lowest BCUT2D eigenvalue weighted by atomic mass is 10.4. The first kappa shape index (κ1) is 17.0. The fraction of sp³-hybridized carbons (Fsp3) is 0.429. The molecule has 1 unspecified atom stereocenters. The quantitative estimate of drug-likeness (QED) is 0.317. The van der Waals surface area contributed by atoms with Gasteiger partial charge >= 0.3 is 0 Å². The van der Waals surface area contributed by atoms with Gasteiger partial charge in [0.2, 0.25) is 0 Å². The molecule has 0 aromatic carbocycles. The number of anilines is 1. The van der Waals surface area contributed by atoms with Crippen LogP contribution >= 0.6 is 24.0 Å². The molecular weight excluding hydrogens is 320 g/mol. The number of nitrogens with zero attached hydrogens (tertiary/aromatic N) is 1. The molecule has 4 N–H and O–H groups in total. The minimum atomic E-state index is -0.533. The Hall–Kier alpha value is -1.35. The molecular formula is C14H20N4O2S2. The van der Waals surface area contributed by atoms with E-state index in [1.165, 1.54) is 0 Å². The number of hydrogen-bond acceptors (Lipinski definition) is 7. The molecule has 0 saturated carbocycles. The Bertz CT molecular complexity index is 627. The van der Waals surface area contributed by atoms with E-state index in [4.69, 9.17) is 21.7 Å². The maximum Gasteiger partial charge on any atom is 0.198 e. The van der Waals surface area contributed by atoms with Gasteiger partial charge in [0.25, 0.3) is 0 Å². The zero-order valence-corrected chi connectivity index (χ0v) is 14.0. The highest BCUT2D eigenvalue weighted by Gasteiger charge is 2.03. The molecule has 6 nitrogen and oxygen atoms in total. The largest absolute Gasteiger partial charge is 0.464 e. The van der Waals surface area contributed by atoms with Gasteiger partial charge < -0.3 is 19.8 Å². The molecule has 0 aliphatic rings. The zero-order valence-electron chi connectivity index (χ0n) is 12.3. The summed E-state index contributed by atoms with van der Waals surface area (Å²) in [7, 11) is 0. The zero-order chi connectivity index (χ0) is 15.8. The highest BCUT2D eigenvalue weighted by molar-refractivity contribution is 7.98. The molecule has 22 heavy (non-hydrogen) atoms. The van der Waals surface area contributed by atoms with Crippen LogP contribution in [0.15, 0.2) is 28.8 Å². The third-order valence-electron chi connectivity index (χ3n) is 2.77. The summed E-state index contributed by atoms with van der Waals surface area (Å²) in [4.78, 5) is 6.91. The topological polar surface area (TPSA) is 86.1 Å². The fourth-order valence-electron chi connectivity index (χ4n) is 1.75. The van der Waals surface area contributed by atoms with Gasteiger partial charge in [-0.1, -0.05) is 0 Å². The van der Waals surface area contributed by atoms with Gasteiger partial charge in [-0.2, -0.15) is 11.8 Å². The van der Waals surface area contributed by atoms with E-state index >= 15 is 0 Å². The summed E-state index contributed by atoms with van der Waals surface area (Å²) >= 11 is 6.75. The molecule has 0 spiro atoms. The maximum absolute atomic E-state index is 9.16. The van der Waals surface area contributed by atoms with Gasteiger partial charge in [-0.25, -0.2) is 4.98 Å². The highest BCUT2D eigenvalue weighted by atomic mass is 32.2. The van der Waals surface area contributed by atoms with Crippen molar-refractivity contribution < 1.29 is 9.52 Å². The molecule has 0 saturated heterocycles. The Morgan fingerprint density at radius 1 is 1.41 bits per heavy atom. The molecule has 8 heteroatoms. The average Bonchev–Trinajstić information content (AvgIpc) is 2.93. The monoisotopic (exact) mass is 340 g/mol. The minimum absolute atomic E-state index is 0.478. The van der Waals surface area contributed by atoms with Gasteiger partial charge in [-0.05, 0) is 37.3 Å². The lowest BCUT2D eigenvalue weighted by Crippen LogP contribution is -2.24. The standard InChI is InChI=1S/C14H20N4O2S2/c1-10(19)17-8-11-2-3-12(20-11)9-22-7-6-15-13-4-5-16-14(21)18-13/h2-5,10,17,19H,6-9H2,1H3,(H2,15,16,18,21). The van der Waals surface area contributed by atoms with Gasteiger partial charge in [0.15, 0.2) is 4.77 Å². The Labute approximate surface area is 138 Å². The van der Waals surface area contributed by atoms with E-state index in [0.29, 0.717) is 11.3 Å². The van der Waals surface area contributed by atoms with Crippen LogP contribution in [0.1, 0.15) is 18.4 Å². The van der Waals surface area contributed by atoms with Crippen molar-refractivity contribution in [3.05, 3.63) is 40.7 Å². The molecule has 0 radical (unpaired) electrons. The van der Waals surface area contributed by atoms with Crippen LogP contribution in [0.25, 0.3) is 0 Å². The second-order valence-corrected chi connectivity index (χ2v) is 6.18. The maximum atomic E-state index is 9.16. The third-order valence-corrected chi connectivity index (χ3v) is 3.96. The van der Waals surface area contributed by atoms with Crippen LogP contribution in [-0.2, 0) is 12.3 Å². The first-order valence-corrected chi connectivity index (χ1v) is 8.56. The first-order chi connectivity index (χ1) is 10.6. The van der Waals surface area contributed by atoms with Gasteiger partial charge in [0, 0.05) is 18.5 Å². The SMILES string of the molecule is CC(O)NCc1ccc(CSCCNc2ccnc(=S)[nH]2)o1. The van der Waals surface area contributed by atoms with Crippen molar-refractivity contribution in [1.29, 1.82) is 0 Å². The van der Waals surface area contributed by atoms with E-state index in [1.54, 1.807) is 24.9 Å². The Kier molecular flexibility index (Phi) is 6.91. The molecule has 2 heterocycles. The average molecular weight is 340 g/mol. The van der Waals surface area contributed by atoms with E-state index in [1.807, 2.05) is 18.2 Å². The summed E-state index contributed by atoms with van der Waals surface area (Å²) in [5.41, 5.74) is 0. The van der Waals surface area contributed by atoms with E-state index in [-0.39, 0.29) is 0 Å². The number of thioether (sulfide) groups is 1. The van der Waals surface area contributed by atoms with Crippen LogP contribution in [0.5, 0.6) is 0 Å². The third kappa shape index (κ3) is 6.18. The summed E-state index contributed by atoms with van der Waals surface area (Å²) in [6.45, 7) is 3.05. The minimum Gasteiger partial charge on any atom is -0.464 e. The van der Waals surface area contributed by atoms with E-state index in [9.17, 15) is 0 Å². The van der Waals surface area contributed by atoms with Gasteiger partial charge in [-0.15, -0.1) is 0 Å². The number of aromatic amines is 1. The molecule has 0 aliphatic heterocycles.